The van der Waals surface area contributed by atoms with Gasteiger partial charge in [0.15, 0.2) is 0 Å². The van der Waals surface area contributed by atoms with E-state index in [2.05, 4.69) is 48.5 Å². The lowest BCUT2D eigenvalue weighted by atomic mass is 9.59. The SMILES string of the molecule is CCC1=C(C)C(CC)(CC)C(C)C(CC)=C1C. The molecule has 0 heteroatoms. The summed E-state index contributed by atoms with van der Waals surface area (Å²) in [5.74, 6) is 0.720. The van der Waals surface area contributed by atoms with Crippen molar-refractivity contribution in [3.8, 4) is 0 Å². The molecule has 0 spiro atoms. The first-order valence-electron chi connectivity index (χ1n) is 7.40. The summed E-state index contributed by atoms with van der Waals surface area (Å²) in [6.07, 6.45) is 4.95. The van der Waals surface area contributed by atoms with Gasteiger partial charge in [-0.05, 0) is 62.0 Å². The van der Waals surface area contributed by atoms with Crippen molar-refractivity contribution in [1.82, 2.24) is 0 Å². The second-order valence-corrected chi connectivity index (χ2v) is 5.55. The smallest absolute Gasteiger partial charge is 0.00272 e. The van der Waals surface area contributed by atoms with Gasteiger partial charge in [-0.3, -0.25) is 0 Å². The average molecular weight is 234 g/mol. The molecule has 0 bridgehead atoms. The highest BCUT2D eigenvalue weighted by atomic mass is 14.4. The zero-order valence-corrected chi connectivity index (χ0v) is 12.9. The maximum atomic E-state index is 2.45. The monoisotopic (exact) mass is 234 g/mol. The van der Waals surface area contributed by atoms with E-state index < -0.39 is 0 Å². The molecule has 0 saturated carbocycles. The second kappa shape index (κ2) is 5.42. The minimum atomic E-state index is 0.427. The first kappa shape index (κ1) is 14.5. The summed E-state index contributed by atoms with van der Waals surface area (Å²) >= 11 is 0. The van der Waals surface area contributed by atoms with Crippen LogP contribution in [0.1, 0.15) is 74.1 Å². The van der Waals surface area contributed by atoms with Crippen molar-refractivity contribution in [3.05, 3.63) is 22.3 Å². The topological polar surface area (TPSA) is 0 Å². The van der Waals surface area contributed by atoms with E-state index in [9.17, 15) is 0 Å². The van der Waals surface area contributed by atoms with Gasteiger partial charge in [0.05, 0.1) is 0 Å². The van der Waals surface area contributed by atoms with E-state index in [0.29, 0.717) is 5.41 Å². The van der Waals surface area contributed by atoms with Gasteiger partial charge in [-0.25, -0.2) is 0 Å². The molecule has 0 heterocycles. The molecular formula is C17H30. The molecular weight excluding hydrogens is 204 g/mol. The Hall–Kier alpha value is -0.520. The van der Waals surface area contributed by atoms with Crippen molar-refractivity contribution < 1.29 is 0 Å². The number of hydrogen-bond donors (Lipinski definition) is 0. The molecule has 1 rings (SSSR count). The van der Waals surface area contributed by atoms with E-state index in [0.717, 1.165) is 5.92 Å². The fourth-order valence-corrected chi connectivity index (χ4v) is 4.25. The average Bonchev–Trinajstić information content (AvgIpc) is 2.32. The first-order valence-corrected chi connectivity index (χ1v) is 7.40. The molecule has 0 amide bonds. The molecule has 0 aromatic heterocycles. The van der Waals surface area contributed by atoms with Crippen LogP contribution in [-0.4, -0.2) is 0 Å². The van der Waals surface area contributed by atoms with Gasteiger partial charge >= 0.3 is 0 Å². The van der Waals surface area contributed by atoms with Crippen LogP contribution >= 0.6 is 0 Å². The summed E-state index contributed by atoms with van der Waals surface area (Å²) in [6, 6.07) is 0. The van der Waals surface area contributed by atoms with Crippen molar-refractivity contribution in [1.29, 1.82) is 0 Å². The zero-order chi connectivity index (χ0) is 13.2. The Morgan fingerprint density at radius 1 is 0.941 bits per heavy atom. The van der Waals surface area contributed by atoms with Crippen LogP contribution in [0.4, 0.5) is 0 Å². The van der Waals surface area contributed by atoms with Crippen LogP contribution in [0.25, 0.3) is 0 Å². The van der Waals surface area contributed by atoms with Crippen LogP contribution in [0.2, 0.25) is 0 Å². The molecule has 0 aromatic rings. The van der Waals surface area contributed by atoms with Gasteiger partial charge < -0.3 is 0 Å². The van der Waals surface area contributed by atoms with Crippen LogP contribution < -0.4 is 0 Å². The van der Waals surface area contributed by atoms with Gasteiger partial charge in [0, 0.05) is 0 Å². The van der Waals surface area contributed by atoms with Crippen LogP contribution in [0.15, 0.2) is 22.3 Å². The summed E-state index contributed by atoms with van der Waals surface area (Å²) in [7, 11) is 0. The molecule has 0 fully saturated rings. The molecule has 1 atom stereocenters. The third-order valence-electron chi connectivity index (χ3n) is 5.48. The summed E-state index contributed by atoms with van der Waals surface area (Å²) < 4.78 is 0. The van der Waals surface area contributed by atoms with Crippen molar-refractivity contribution in [2.45, 2.75) is 74.1 Å². The lowest BCUT2D eigenvalue weighted by Gasteiger charge is -2.46. The van der Waals surface area contributed by atoms with Gasteiger partial charge in [0.2, 0.25) is 0 Å². The molecule has 0 nitrogen and oxygen atoms in total. The van der Waals surface area contributed by atoms with E-state index in [1.807, 2.05) is 0 Å². The highest BCUT2D eigenvalue weighted by Gasteiger charge is 2.40. The van der Waals surface area contributed by atoms with Crippen LogP contribution in [0.5, 0.6) is 0 Å². The number of allylic oxidation sites excluding steroid dienone is 4. The second-order valence-electron chi connectivity index (χ2n) is 5.55. The van der Waals surface area contributed by atoms with E-state index in [4.69, 9.17) is 0 Å². The molecule has 0 N–H and O–H groups in total. The van der Waals surface area contributed by atoms with Crippen molar-refractivity contribution in [3.63, 3.8) is 0 Å². The Morgan fingerprint density at radius 2 is 1.47 bits per heavy atom. The summed E-state index contributed by atoms with van der Waals surface area (Å²) in [5.41, 5.74) is 7.04. The fourth-order valence-electron chi connectivity index (χ4n) is 4.25. The molecule has 1 unspecified atom stereocenters. The first-order chi connectivity index (χ1) is 7.99. The lowest BCUT2D eigenvalue weighted by molar-refractivity contribution is 0.226. The molecule has 0 radical (unpaired) electrons. The lowest BCUT2D eigenvalue weighted by Crippen LogP contribution is -2.34. The molecule has 1 aliphatic carbocycles. The third kappa shape index (κ3) is 2.00. The molecule has 0 aliphatic heterocycles. The van der Waals surface area contributed by atoms with Crippen LogP contribution in [0.3, 0.4) is 0 Å². The Labute approximate surface area is 108 Å². The predicted octanol–water partition coefficient (Wildman–Crippen LogP) is 5.90. The van der Waals surface area contributed by atoms with E-state index in [1.165, 1.54) is 25.7 Å². The highest BCUT2D eigenvalue weighted by Crippen LogP contribution is 2.52. The molecule has 1 aliphatic rings. The summed E-state index contributed by atoms with van der Waals surface area (Å²) in [4.78, 5) is 0. The third-order valence-corrected chi connectivity index (χ3v) is 5.48. The Bertz CT molecular complexity index is 337. The Balaban J connectivity index is 3.45. The summed E-state index contributed by atoms with van der Waals surface area (Å²) in [6.45, 7) is 16.5. The van der Waals surface area contributed by atoms with Gasteiger partial charge in [0.25, 0.3) is 0 Å². The maximum absolute atomic E-state index is 2.45. The van der Waals surface area contributed by atoms with Crippen LogP contribution in [0, 0.1) is 11.3 Å². The van der Waals surface area contributed by atoms with Crippen LogP contribution in [-0.2, 0) is 0 Å². The normalized spacial score (nSPS) is 24.5. The molecule has 0 saturated heterocycles. The molecule has 98 valence electrons. The fraction of sp³-hybridized carbons (Fsp3) is 0.765. The number of rotatable bonds is 4. The van der Waals surface area contributed by atoms with Crippen molar-refractivity contribution >= 4 is 0 Å². The van der Waals surface area contributed by atoms with Gasteiger partial charge in [-0.15, -0.1) is 0 Å². The standard InChI is InChI=1S/C17H30/c1-8-15-12(5)16(9-2)14(7)17(10-3,11-4)13(15)6/h13H,8-11H2,1-7H3. The Morgan fingerprint density at radius 3 is 1.82 bits per heavy atom. The van der Waals surface area contributed by atoms with Crippen molar-refractivity contribution in [2.24, 2.45) is 11.3 Å². The molecule has 17 heavy (non-hydrogen) atoms. The van der Waals surface area contributed by atoms with Gasteiger partial charge in [-0.1, -0.05) is 45.8 Å². The highest BCUT2D eigenvalue weighted by molar-refractivity contribution is 5.45. The van der Waals surface area contributed by atoms with E-state index >= 15 is 0 Å². The summed E-state index contributed by atoms with van der Waals surface area (Å²) in [5, 5.41) is 0. The Kier molecular flexibility index (Phi) is 4.63. The van der Waals surface area contributed by atoms with E-state index in [-0.39, 0.29) is 0 Å². The molecule has 0 aromatic carbocycles. The van der Waals surface area contributed by atoms with Gasteiger partial charge in [-0.2, -0.15) is 0 Å². The zero-order valence-electron chi connectivity index (χ0n) is 12.9. The quantitative estimate of drug-likeness (QED) is 0.568. The maximum Gasteiger partial charge on any atom is -0.00272 e. The minimum absolute atomic E-state index is 0.427. The van der Waals surface area contributed by atoms with Gasteiger partial charge in [0.1, 0.15) is 0 Å². The predicted molar refractivity (Wildman–Crippen MR) is 78.2 cm³/mol. The van der Waals surface area contributed by atoms with Crippen molar-refractivity contribution in [2.75, 3.05) is 0 Å². The minimum Gasteiger partial charge on any atom is -0.0645 e. The largest absolute Gasteiger partial charge is 0.0645 e. The van der Waals surface area contributed by atoms with E-state index in [1.54, 1.807) is 22.3 Å². The number of hydrogen-bond acceptors (Lipinski definition) is 0.